The van der Waals surface area contributed by atoms with Gasteiger partial charge >= 0.3 is 0 Å². The lowest BCUT2D eigenvalue weighted by Crippen LogP contribution is -2.23. The van der Waals surface area contributed by atoms with E-state index in [9.17, 15) is 0 Å². The van der Waals surface area contributed by atoms with Crippen molar-refractivity contribution < 1.29 is 10.3 Å². The van der Waals surface area contributed by atoms with Gasteiger partial charge in [-0.15, -0.1) is 10.1 Å². The van der Waals surface area contributed by atoms with Crippen molar-refractivity contribution in [2.75, 3.05) is 26.0 Å². The molecule has 0 saturated carbocycles. The second kappa shape index (κ2) is 13.9. The zero-order chi connectivity index (χ0) is 15.9. The van der Waals surface area contributed by atoms with Gasteiger partial charge < -0.3 is 15.0 Å². The quantitative estimate of drug-likeness (QED) is 0.280. The Labute approximate surface area is 133 Å². The molecule has 0 fully saturated rings. The SMILES string of the molecule is CN1C=CN(CCCCCCCCCCS)C1.O=[N+]([O-])O. The summed E-state index contributed by atoms with van der Waals surface area (Å²) in [5, 5.41) is 13.6. The standard InChI is InChI=1S/C14H28N2S.HNO3/c1-15-11-12-16(14-15)10-8-6-4-2-3-5-7-9-13-17;2-1(3)4/h11-12,17H,2-10,13-14H2,1H3;(H,2,3,4). The van der Waals surface area contributed by atoms with Crippen molar-refractivity contribution in [1.82, 2.24) is 9.80 Å². The fourth-order valence-corrected chi connectivity index (χ4v) is 2.45. The molecule has 0 unspecified atom stereocenters. The van der Waals surface area contributed by atoms with Crippen LogP contribution in [0, 0.1) is 10.1 Å². The lowest BCUT2D eigenvalue weighted by atomic mass is 10.1. The third-order valence-electron chi connectivity index (χ3n) is 3.29. The largest absolute Gasteiger partial charge is 0.362 e. The predicted octanol–water partition coefficient (Wildman–Crippen LogP) is 3.37. The Balaban J connectivity index is 0.000000885. The molecule has 1 aliphatic rings. The van der Waals surface area contributed by atoms with Crippen LogP contribution in [0.3, 0.4) is 0 Å². The second-order valence-electron chi connectivity index (χ2n) is 5.30. The van der Waals surface area contributed by atoms with Crippen LogP contribution < -0.4 is 0 Å². The van der Waals surface area contributed by atoms with E-state index in [4.69, 9.17) is 15.3 Å². The number of nitrogens with zero attached hydrogens (tertiary/aromatic N) is 3. The van der Waals surface area contributed by atoms with Gasteiger partial charge in [0.1, 0.15) is 0 Å². The van der Waals surface area contributed by atoms with E-state index in [1.54, 1.807) is 0 Å². The molecule has 1 rings (SSSR count). The van der Waals surface area contributed by atoms with Crippen molar-refractivity contribution in [3.63, 3.8) is 0 Å². The summed E-state index contributed by atoms with van der Waals surface area (Å²) in [6.07, 6.45) is 15.4. The average molecular weight is 319 g/mol. The Kier molecular flexibility index (Phi) is 13.1. The predicted molar refractivity (Wildman–Crippen MR) is 88.0 cm³/mol. The van der Waals surface area contributed by atoms with Crippen LogP contribution in [-0.2, 0) is 0 Å². The first-order valence-electron chi connectivity index (χ1n) is 7.63. The third kappa shape index (κ3) is 15.1. The van der Waals surface area contributed by atoms with Crippen LogP contribution in [0.4, 0.5) is 0 Å². The Hall–Kier alpha value is -1.11. The number of unbranched alkanes of at least 4 members (excludes halogenated alkanes) is 7. The van der Waals surface area contributed by atoms with E-state index < -0.39 is 5.09 Å². The van der Waals surface area contributed by atoms with Gasteiger partial charge in [-0.3, -0.25) is 0 Å². The molecule has 0 aromatic heterocycles. The summed E-state index contributed by atoms with van der Waals surface area (Å²) < 4.78 is 0. The Morgan fingerprint density at radius 2 is 1.57 bits per heavy atom. The molecule has 1 heterocycles. The highest BCUT2D eigenvalue weighted by atomic mass is 32.1. The van der Waals surface area contributed by atoms with Crippen LogP contribution in [0.2, 0.25) is 0 Å². The van der Waals surface area contributed by atoms with E-state index in [-0.39, 0.29) is 0 Å². The first-order valence-corrected chi connectivity index (χ1v) is 8.26. The van der Waals surface area contributed by atoms with Crippen LogP contribution in [-0.4, -0.2) is 46.1 Å². The first-order chi connectivity index (χ1) is 10.1. The Morgan fingerprint density at radius 3 is 2.00 bits per heavy atom. The van der Waals surface area contributed by atoms with E-state index in [0.29, 0.717) is 0 Å². The minimum atomic E-state index is -1.50. The van der Waals surface area contributed by atoms with E-state index in [0.717, 1.165) is 12.4 Å². The zero-order valence-corrected chi connectivity index (χ0v) is 13.9. The van der Waals surface area contributed by atoms with Gasteiger partial charge in [-0.2, -0.15) is 12.6 Å². The first kappa shape index (κ1) is 19.9. The van der Waals surface area contributed by atoms with Crippen molar-refractivity contribution in [2.24, 2.45) is 0 Å². The maximum Gasteiger partial charge on any atom is 0.291 e. The molecule has 0 spiro atoms. The lowest BCUT2D eigenvalue weighted by molar-refractivity contribution is -0.742. The molecule has 0 bridgehead atoms. The van der Waals surface area contributed by atoms with Gasteiger partial charge in [0.15, 0.2) is 0 Å². The highest BCUT2D eigenvalue weighted by Crippen LogP contribution is 2.10. The fourth-order valence-electron chi connectivity index (χ4n) is 2.22. The van der Waals surface area contributed by atoms with E-state index >= 15 is 0 Å². The summed E-state index contributed by atoms with van der Waals surface area (Å²) in [4.78, 5) is 13.0. The monoisotopic (exact) mass is 319 g/mol. The lowest BCUT2D eigenvalue weighted by Gasteiger charge is -2.17. The van der Waals surface area contributed by atoms with Crippen LogP contribution >= 0.6 is 12.6 Å². The molecule has 0 amide bonds. The fraction of sp³-hybridized carbons (Fsp3) is 0.857. The van der Waals surface area contributed by atoms with Crippen LogP contribution in [0.15, 0.2) is 12.4 Å². The van der Waals surface area contributed by atoms with Crippen molar-refractivity contribution in [1.29, 1.82) is 0 Å². The summed E-state index contributed by atoms with van der Waals surface area (Å²) in [6.45, 7) is 2.30. The van der Waals surface area contributed by atoms with Gasteiger partial charge in [0, 0.05) is 26.0 Å². The number of thiol groups is 1. The second-order valence-corrected chi connectivity index (χ2v) is 5.75. The molecule has 1 N–H and O–H groups in total. The van der Waals surface area contributed by atoms with Crippen molar-refractivity contribution >= 4 is 12.6 Å². The molecule has 21 heavy (non-hydrogen) atoms. The van der Waals surface area contributed by atoms with Crippen LogP contribution in [0.5, 0.6) is 0 Å². The smallest absolute Gasteiger partial charge is 0.291 e. The molecule has 0 atom stereocenters. The number of hydrogen-bond acceptors (Lipinski definition) is 5. The van der Waals surface area contributed by atoms with Gasteiger partial charge in [0.25, 0.3) is 5.09 Å². The normalized spacial score (nSPS) is 13.2. The Morgan fingerprint density at radius 1 is 1.10 bits per heavy atom. The van der Waals surface area contributed by atoms with Crippen molar-refractivity contribution in [3.05, 3.63) is 22.5 Å². The summed E-state index contributed by atoms with van der Waals surface area (Å²) in [7, 11) is 2.13. The molecule has 0 saturated heterocycles. The molecular formula is C14H29N3O3S. The van der Waals surface area contributed by atoms with Crippen LogP contribution in [0.25, 0.3) is 0 Å². The van der Waals surface area contributed by atoms with E-state index in [1.807, 2.05) is 0 Å². The molecular weight excluding hydrogens is 290 g/mol. The molecule has 0 aromatic rings. The maximum atomic E-state index is 8.36. The summed E-state index contributed by atoms with van der Waals surface area (Å²) in [6, 6.07) is 0. The highest BCUT2D eigenvalue weighted by molar-refractivity contribution is 7.80. The van der Waals surface area contributed by atoms with Gasteiger partial charge in [0.05, 0.1) is 6.67 Å². The maximum absolute atomic E-state index is 8.36. The third-order valence-corrected chi connectivity index (χ3v) is 3.61. The molecule has 7 heteroatoms. The van der Waals surface area contributed by atoms with Crippen molar-refractivity contribution in [3.8, 4) is 0 Å². The molecule has 6 nitrogen and oxygen atoms in total. The average Bonchev–Trinajstić information content (AvgIpc) is 2.82. The Bertz CT molecular complexity index is 287. The highest BCUT2D eigenvalue weighted by Gasteiger charge is 2.06. The van der Waals surface area contributed by atoms with Gasteiger partial charge in [-0.25, -0.2) is 0 Å². The van der Waals surface area contributed by atoms with Crippen LogP contribution in [0.1, 0.15) is 51.4 Å². The van der Waals surface area contributed by atoms with Gasteiger partial charge in [-0.05, 0) is 18.6 Å². The van der Waals surface area contributed by atoms with Gasteiger partial charge in [-0.1, -0.05) is 38.5 Å². The molecule has 0 aliphatic carbocycles. The summed E-state index contributed by atoms with van der Waals surface area (Å²) in [5.41, 5.74) is 0. The van der Waals surface area contributed by atoms with E-state index in [1.165, 1.54) is 57.9 Å². The molecule has 124 valence electrons. The minimum Gasteiger partial charge on any atom is -0.362 e. The summed E-state index contributed by atoms with van der Waals surface area (Å²) in [5.74, 6) is 1.05. The number of hydrogen-bond donors (Lipinski definition) is 2. The summed E-state index contributed by atoms with van der Waals surface area (Å²) >= 11 is 4.23. The number of rotatable bonds is 10. The minimum absolute atomic E-state index is 1.05. The zero-order valence-electron chi connectivity index (χ0n) is 13.0. The van der Waals surface area contributed by atoms with Crippen molar-refractivity contribution in [2.45, 2.75) is 51.4 Å². The van der Waals surface area contributed by atoms with Gasteiger partial charge in [0.2, 0.25) is 0 Å². The molecule has 0 aromatic carbocycles. The molecule has 0 radical (unpaired) electrons. The molecule has 1 aliphatic heterocycles. The topological polar surface area (TPSA) is 69.9 Å². The van der Waals surface area contributed by atoms with E-state index in [2.05, 4.69) is 41.9 Å².